The first-order valence-electron chi connectivity index (χ1n) is 8.72. The van der Waals surface area contributed by atoms with Crippen LogP contribution in [0, 0.1) is 0 Å². The molecule has 0 atom stereocenters. The van der Waals surface area contributed by atoms with Crippen LogP contribution in [0.1, 0.15) is 19.3 Å². The number of rotatable bonds is 7. The van der Waals surface area contributed by atoms with Crippen LogP contribution in [0.2, 0.25) is 0 Å². The van der Waals surface area contributed by atoms with Crippen molar-refractivity contribution >= 4 is 16.7 Å². The highest BCUT2D eigenvalue weighted by molar-refractivity contribution is 5.83. The fourth-order valence-corrected chi connectivity index (χ4v) is 3.06. The van der Waals surface area contributed by atoms with Gasteiger partial charge in [-0.2, -0.15) is 0 Å². The smallest absolute Gasteiger partial charge is 0.223 e. The van der Waals surface area contributed by atoms with Gasteiger partial charge in [0.25, 0.3) is 0 Å². The fraction of sp³-hybridized carbons (Fsp3) is 0.450. The molecule has 3 rings (SSSR count). The molecule has 2 aromatic rings. The Labute approximate surface area is 148 Å². The average molecular weight is 343 g/mol. The van der Waals surface area contributed by atoms with Crippen molar-refractivity contribution in [2.45, 2.75) is 24.9 Å². The van der Waals surface area contributed by atoms with Crippen molar-refractivity contribution in [3.8, 4) is 5.75 Å². The molecular formula is C20H25NO4. The van der Waals surface area contributed by atoms with Gasteiger partial charge in [-0.1, -0.05) is 30.3 Å². The molecule has 1 aliphatic heterocycles. The lowest BCUT2D eigenvalue weighted by Crippen LogP contribution is -2.48. The van der Waals surface area contributed by atoms with E-state index in [4.69, 9.17) is 14.2 Å². The van der Waals surface area contributed by atoms with Crippen LogP contribution in [0.4, 0.5) is 0 Å². The first kappa shape index (κ1) is 17.7. The maximum Gasteiger partial charge on any atom is 0.223 e. The van der Waals surface area contributed by atoms with Crippen molar-refractivity contribution in [3.63, 3.8) is 0 Å². The molecule has 5 nitrogen and oxygen atoms in total. The quantitative estimate of drug-likeness (QED) is 0.840. The van der Waals surface area contributed by atoms with E-state index in [0.29, 0.717) is 32.8 Å². The third-order valence-corrected chi connectivity index (χ3v) is 4.76. The average Bonchev–Trinajstić information content (AvgIpc) is 2.67. The summed E-state index contributed by atoms with van der Waals surface area (Å²) in [6.45, 7) is 2.22. The normalized spacial score (nSPS) is 16.5. The maximum atomic E-state index is 12.1. The third-order valence-electron chi connectivity index (χ3n) is 4.76. The van der Waals surface area contributed by atoms with Gasteiger partial charge in [0.05, 0.1) is 18.6 Å². The summed E-state index contributed by atoms with van der Waals surface area (Å²) in [5.41, 5.74) is -0.298. The first-order valence-corrected chi connectivity index (χ1v) is 8.72. The summed E-state index contributed by atoms with van der Waals surface area (Å²) >= 11 is 0. The van der Waals surface area contributed by atoms with E-state index in [-0.39, 0.29) is 11.5 Å². The molecule has 5 heteroatoms. The minimum atomic E-state index is -0.298. The zero-order valence-corrected chi connectivity index (χ0v) is 14.6. The van der Waals surface area contributed by atoms with Crippen LogP contribution in [0.25, 0.3) is 10.8 Å². The topological polar surface area (TPSA) is 56.8 Å². The number of nitrogens with one attached hydrogen (secondary N) is 1. The minimum Gasteiger partial charge on any atom is -0.493 e. The van der Waals surface area contributed by atoms with Crippen molar-refractivity contribution in [2.24, 2.45) is 0 Å². The molecule has 25 heavy (non-hydrogen) atoms. The number of hydrogen-bond donors (Lipinski definition) is 1. The minimum absolute atomic E-state index is 0.0243. The summed E-state index contributed by atoms with van der Waals surface area (Å²) in [4.78, 5) is 12.1. The van der Waals surface area contributed by atoms with Crippen LogP contribution in [-0.2, 0) is 14.3 Å². The number of benzene rings is 2. The lowest BCUT2D eigenvalue weighted by atomic mass is 9.94. The SMILES string of the molecule is COC1(CNC(=O)CCOc2ccc3ccccc3c2)CCOCC1. The Morgan fingerprint density at radius 1 is 1.16 bits per heavy atom. The Morgan fingerprint density at radius 3 is 2.68 bits per heavy atom. The van der Waals surface area contributed by atoms with Gasteiger partial charge in [0.15, 0.2) is 0 Å². The van der Waals surface area contributed by atoms with Gasteiger partial charge in [0, 0.05) is 39.7 Å². The predicted octanol–water partition coefficient (Wildman–Crippen LogP) is 2.92. The molecule has 2 aromatic carbocycles. The van der Waals surface area contributed by atoms with Gasteiger partial charge in [-0.25, -0.2) is 0 Å². The second-order valence-electron chi connectivity index (χ2n) is 6.38. The van der Waals surface area contributed by atoms with Crippen LogP contribution >= 0.6 is 0 Å². The molecule has 0 radical (unpaired) electrons. The fourth-order valence-electron chi connectivity index (χ4n) is 3.06. The highest BCUT2D eigenvalue weighted by Gasteiger charge is 2.32. The Hall–Kier alpha value is -2.11. The van der Waals surface area contributed by atoms with Gasteiger partial charge >= 0.3 is 0 Å². The zero-order valence-electron chi connectivity index (χ0n) is 14.6. The summed E-state index contributed by atoms with van der Waals surface area (Å²) in [7, 11) is 1.69. The van der Waals surface area contributed by atoms with Gasteiger partial charge in [-0.05, 0) is 22.9 Å². The number of ether oxygens (including phenoxy) is 3. The molecule has 1 heterocycles. The number of carbonyl (C=O) groups is 1. The number of fused-ring (bicyclic) bond motifs is 1. The molecule has 1 N–H and O–H groups in total. The molecule has 0 unspecified atom stereocenters. The molecule has 0 aromatic heterocycles. The van der Waals surface area contributed by atoms with Crippen LogP contribution in [0.5, 0.6) is 5.75 Å². The van der Waals surface area contributed by atoms with Crippen molar-refractivity contribution in [1.29, 1.82) is 0 Å². The molecule has 1 saturated heterocycles. The van der Waals surface area contributed by atoms with Gasteiger partial charge < -0.3 is 19.5 Å². The largest absolute Gasteiger partial charge is 0.493 e. The molecule has 1 aliphatic rings. The summed E-state index contributed by atoms with van der Waals surface area (Å²) in [5.74, 6) is 0.757. The van der Waals surface area contributed by atoms with Crippen LogP contribution in [0.15, 0.2) is 42.5 Å². The van der Waals surface area contributed by atoms with E-state index >= 15 is 0 Å². The van der Waals surface area contributed by atoms with Crippen molar-refractivity contribution in [1.82, 2.24) is 5.32 Å². The summed E-state index contributed by atoms with van der Waals surface area (Å²) in [6, 6.07) is 14.1. The van der Waals surface area contributed by atoms with E-state index in [1.807, 2.05) is 36.4 Å². The van der Waals surface area contributed by atoms with Crippen molar-refractivity contribution in [3.05, 3.63) is 42.5 Å². The van der Waals surface area contributed by atoms with E-state index in [0.717, 1.165) is 24.0 Å². The monoisotopic (exact) mass is 343 g/mol. The molecular weight excluding hydrogens is 318 g/mol. The number of methoxy groups -OCH3 is 1. The molecule has 0 bridgehead atoms. The standard InChI is InChI=1S/C20H25NO4/c1-23-20(9-12-24-13-10-20)15-21-19(22)8-11-25-18-7-6-16-4-2-3-5-17(16)14-18/h2-7,14H,8-13,15H2,1H3,(H,21,22). The van der Waals surface area contributed by atoms with Crippen LogP contribution in [0.3, 0.4) is 0 Å². The molecule has 1 amide bonds. The van der Waals surface area contributed by atoms with Gasteiger partial charge in [0.2, 0.25) is 5.91 Å². The number of amides is 1. The second kappa shape index (κ2) is 8.32. The molecule has 0 aliphatic carbocycles. The third kappa shape index (κ3) is 4.71. The Balaban J connectivity index is 1.44. The van der Waals surface area contributed by atoms with E-state index < -0.39 is 0 Å². The van der Waals surface area contributed by atoms with E-state index in [1.54, 1.807) is 7.11 Å². The molecule has 0 spiro atoms. The molecule has 1 fully saturated rings. The summed E-state index contributed by atoms with van der Waals surface area (Å²) < 4.78 is 16.7. The van der Waals surface area contributed by atoms with Crippen molar-refractivity contribution in [2.75, 3.05) is 33.5 Å². The lowest BCUT2D eigenvalue weighted by molar-refractivity contribution is -0.126. The highest BCUT2D eigenvalue weighted by Crippen LogP contribution is 2.23. The maximum absolute atomic E-state index is 12.1. The summed E-state index contributed by atoms with van der Waals surface area (Å²) in [5, 5.41) is 5.27. The Bertz CT molecular complexity index is 710. The van der Waals surface area contributed by atoms with Gasteiger partial charge in [-0.3, -0.25) is 4.79 Å². The second-order valence-corrected chi connectivity index (χ2v) is 6.38. The van der Waals surface area contributed by atoms with E-state index in [1.165, 1.54) is 5.39 Å². The Morgan fingerprint density at radius 2 is 1.92 bits per heavy atom. The lowest BCUT2D eigenvalue weighted by Gasteiger charge is -2.35. The molecule has 134 valence electrons. The zero-order chi connectivity index (χ0) is 17.5. The molecule has 0 saturated carbocycles. The van der Waals surface area contributed by atoms with Gasteiger partial charge in [0.1, 0.15) is 5.75 Å². The van der Waals surface area contributed by atoms with E-state index in [9.17, 15) is 4.79 Å². The number of hydrogen-bond acceptors (Lipinski definition) is 4. The first-order chi connectivity index (χ1) is 12.2. The van der Waals surface area contributed by atoms with Gasteiger partial charge in [-0.15, -0.1) is 0 Å². The van der Waals surface area contributed by atoms with E-state index in [2.05, 4.69) is 11.4 Å². The Kier molecular flexibility index (Phi) is 5.89. The van der Waals surface area contributed by atoms with Crippen LogP contribution in [-0.4, -0.2) is 45.0 Å². The summed E-state index contributed by atoms with van der Waals surface area (Å²) in [6.07, 6.45) is 1.93. The number of carbonyl (C=O) groups excluding carboxylic acids is 1. The predicted molar refractivity (Wildman–Crippen MR) is 96.9 cm³/mol. The highest BCUT2D eigenvalue weighted by atomic mass is 16.5. The van der Waals surface area contributed by atoms with Crippen molar-refractivity contribution < 1.29 is 19.0 Å². The van der Waals surface area contributed by atoms with Crippen LogP contribution < -0.4 is 10.1 Å².